The van der Waals surface area contributed by atoms with Crippen LogP contribution in [0.15, 0.2) is 21.0 Å². The highest BCUT2D eigenvalue weighted by molar-refractivity contribution is 9.10. The van der Waals surface area contributed by atoms with Gasteiger partial charge >= 0.3 is 0 Å². The van der Waals surface area contributed by atoms with E-state index in [1.54, 1.807) is 0 Å². The maximum Gasteiger partial charge on any atom is 0.195 e. The number of oxazole rings is 1. The molecule has 1 aromatic heterocycles. The third kappa shape index (κ3) is 1.93. The second-order valence-electron chi connectivity index (χ2n) is 3.96. The quantitative estimate of drug-likeness (QED) is 0.812. The van der Waals surface area contributed by atoms with Crippen LogP contribution < -0.4 is 0 Å². The molecule has 0 saturated heterocycles. The fourth-order valence-electron chi connectivity index (χ4n) is 1.65. The van der Waals surface area contributed by atoms with Crippen LogP contribution in [0.3, 0.4) is 0 Å². The van der Waals surface area contributed by atoms with E-state index in [1.165, 1.54) is 5.56 Å². The topological polar surface area (TPSA) is 26.0 Å². The van der Waals surface area contributed by atoms with Crippen molar-refractivity contribution in [1.82, 2.24) is 4.98 Å². The number of nitrogens with zero attached hydrogens (tertiary/aromatic N) is 1. The molecule has 0 atom stereocenters. The first kappa shape index (κ1) is 10.7. The Morgan fingerprint density at radius 1 is 1.40 bits per heavy atom. The summed E-state index contributed by atoms with van der Waals surface area (Å²) in [6.45, 7) is 6.37. The van der Waals surface area contributed by atoms with Crippen molar-refractivity contribution in [2.45, 2.75) is 33.1 Å². The lowest BCUT2D eigenvalue weighted by molar-refractivity contribution is 0.533. The molecule has 0 aliphatic heterocycles. The molecule has 0 fully saturated rings. The molecule has 0 bridgehead atoms. The van der Waals surface area contributed by atoms with E-state index in [2.05, 4.69) is 47.8 Å². The van der Waals surface area contributed by atoms with Crippen molar-refractivity contribution >= 4 is 27.0 Å². The average molecular weight is 268 g/mol. The van der Waals surface area contributed by atoms with Crippen molar-refractivity contribution < 1.29 is 4.42 Å². The predicted octanol–water partition coefficient (Wildman–Crippen LogP) is 4.28. The minimum Gasteiger partial charge on any atom is -0.440 e. The molecule has 1 heterocycles. The fourth-order valence-corrected chi connectivity index (χ4v) is 2.11. The van der Waals surface area contributed by atoms with Gasteiger partial charge < -0.3 is 4.42 Å². The van der Waals surface area contributed by atoms with Crippen LogP contribution in [0.2, 0.25) is 0 Å². The zero-order valence-electron chi connectivity index (χ0n) is 9.17. The van der Waals surface area contributed by atoms with Gasteiger partial charge in [0, 0.05) is 16.5 Å². The van der Waals surface area contributed by atoms with Crippen LogP contribution in [-0.4, -0.2) is 4.98 Å². The van der Waals surface area contributed by atoms with E-state index in [9.17, 15) is 0 Å². The molecule has 0 saturated carbocycles. The van der Waals surface area contributed by atoms with Gasteiger partial charge in [-0.1, -0.05) is 36.7 Å². The van der Waals surface area contributed by atoms with Crippen molar-refractivity contribution in [3.63, 3.8) is 0 Å². The lowest BCUT2D eigenvalue weighted by atomic mass is 10.0. The number of halogens is 1. The van der Waals surface area contributed by atoms with Crippen LogP contribution in [0.25, 0.3) is 11.1 Å². The maximum absolute atomic E-state index is 5.73. The summed E-state index contributed by atoms with van der Waals surface area (Å²) in [5, 5.41) is 0. The number of aryl methyl sites for hydroxylation is 1. The van der Waals surface area contributed by atoms with Gasteiger partial charge in [0.25, 0.3) is 0 Å². The average Bonchev–Trinajstić information content (AvgIpc) is 2.58. The van der Waals surface area contributed by atoms with Crippen LogP contribution in [0.4, 0.5) is 0 Å². The Morgan fingerprint density at radius 3 is 2.73 bits per heavy atom. The Labute approximate surface area is 97.8 Å². The summed E-state index contributed by atoms with van der Waals surface area (Å²) in [6.07, 6.45) is 0.837. The van der Waals surface area contributed by atoms with Gasteiger partial charge in [-0.25, -0.2) is 4.98 Å². The summed E-state index contributed by atoms with van der Waals surface area (Å²) in [4.78, 5) is 4.44. The molecule has 0 radical (unpaired) electrons. The van der Waals surface area contributed by atoms with E-state index in [-0.39, 0.29) is 0 Å². The predicted molar refractivity (Wildman–Crippen MR) is 65.2 cm³/mol. The Morgan fingerprint density at radius 2 is 2.13 bits per heavy atom. The Balaban J connectivity index is 2.72. The van der Waals surface area contributed by atoms with E-state index in [0.717, 1.165) is 27.9 Å². The molecule has 0 amide bonds. The van der Waals surface area contributed by atoms with Gasteiger partial charge in [-0.2, -0.15) is 0 Å². The number of aromatic nitrogens is 1. The van der Waals surface area contributed by atoms with Crippen LogP contribution >= 0.6 is 15.9 Å². The SMILES string of the molecule is CCc1nc2cc(Br)cc(C(C)C)c2o1. The monoisotopic (exact) mass is 267 g/mol. The third-order valence-electron chi connectivity index (χ3n) is 2.45. The second kappa shape index (κ2) is 3.97. The third-order valence-corrected chi connectivity index (χ3v) is 2.91. The van der Waals surface area contributed by atoms with E-state index in [1.807, 2.05) is 6.07 Å². The number of benzene rings is 1. The first-order chi connectivity index (χ1) is 7.11. The van der Waals surface area contributed by atoms with Crippen molar-refractivity contribution in [2.75, 3.05) is 0 Å². The summed E-state index contributed by atoms with van der Waals surface area (Å²) in [7, 11) is 0. The van der Waals surface area contributed by atoms with Crippen molar-refractivity contribution in [3.8, 4) is 0 Å². The van der Waals surface area contributed by atoms with Gasteiger partial charge in [0.15, 0.2) is 11.5 Å². The molecule has 0 spiro atoms. The summed E-state index contributed by atoms with van der Waals surface area (Å²) in [5.74, 6) is 1.26. The van der Waals surface area contributed by atoms with Crippen LogP contribution in [0.1, 0.15) is 38.1 Å². The van der Waals surface area contributed by atoms with Crippen LogP contribution in [0.5, 0.6) is 0 Å². The first-order valence-corrected chi connectivity index (χ1v) is 6.00. The standard InChI is InChI=1S/C12H14BrNO/c1-4-11-14-10-6-8(13)5-9(7(2)3)12(10)15-11/h5-7H,4H2,1-3H3. The number of fused-ring (bicyclic) bond motifs is 1. The summed E-state index contributed by atoms with van der Waals surface area (Å²) in [5.41, 5.74) is 3.10. The molecule has 2 rings (SSSR count). The molecule has 0 aliphatic rings. The maximum atomic E-state index is 5.73. The summed E-state index contributed by atoms with van der Waals surface area (Å²) in [6, 6.07) is 4.11. The normalized spacial score (nSPS) is 11.5. The number of rotatable bonds is 2. The Bertz CT molecular complexity index is 488. The van der Waals surface area contributed by atoms with E-state index in [0.29, 0.717) is 5.92 Å². The van der Waals surface area contributed by atoms with Gasteiger partial charge in [-0.05, 0) is 18.1 Å². The number of hydrogen-bond acceptors (Lipinski definition) is 2. The molecule has 2 aromatic rings. The van der Waals surface area contributed by atoms with Crippen LogP contribution in [0, 0.1) is 0 Å². The van der Waals surface area contributed by atoms with Gasteiger partial charge in [-0.3, -0.25) is 0 Å². The highest BCUT2D eigenvalue weighted by Gasteiger charge is 2.12. The first-order valence-electron chi connectivity index (χ1n) is 5.20. The summed E-state index contributed by atoms with van der Waals surface area (Å²) >= 11 is 3.50. The van der Waals surface area contributed by atoms with Crippen molar-refractivity contribution in [3.05, 3.63) is 28.1 Å². The smallest absolute Gasteiger partial charge is 0.195 e. The van der Waals surface area contributed by atoms with Gasteiger partial charge in [0.05, 0.1) is 0 Å². The highest BCUT2D eigenvalue weighted by atomic mass is 79.9. The van der Waals surface area contributed by atoms with E-state index >= 15 is 0 Å². The molecule has 15 heavy (non-hydrogen) atoms. The summed E-state index contributed by atoms with van der Waals surface area (Å²) < 4.78 is 6.80. The molecule has 2 nitrogen and oxygen atoms in total. The molecular weight excluding hydrogens is 254 g/mol. The van der Waals surface area contributed by atoms with Crippen molar-refractivity contribution in [1.29, 1.82) is 0 Å². The number of hydrogen-bond donors (Lipinski definition) is 0. The fraction of sp³-hybridized carbons (Fsp3) is 0.417. The zero-order chi connectivity index (χ0) is 11.0. The molecular formula is C12H14BrNO. The van der Waals surface area contributed by atoms with E-state index < -0.39 is 0 Å². The Kier molecular flexibility index (Phi) is 2.83. The van der Waals surface area contributed by atoms with Crippen LogP contribution in [-0.2, 0) is 6.42 Å². The van der Waals surface area contributed by atoms with E-state index in [4.69, 9.17) is 4.42 Å². The highest BCUT2D eigenvalue weighted by Crippen LogP contribution is 2.30. The molecule has 0 N–H and O–H groups in total. The molecule has 80 valence electrons. The second-order valence-corrected chi connectivity index (χ2v) is 4.87. The molecule has 0 aliphatic carbocycles. The lowest BCUT2D eigenvalue weighted by Gasteiger charge is -2.05. The lowest BCUT2D eigenvalue weighted by Crippen LogP contribution is -1.87. The van der Waals surface area contributed by atoms with Gasteiger partial charge in [-0.15, -0.1) is 0 Å². The molecule has 0 unspecified atom stereocenters. The zero-order valence-corrected chi connectivity index (χ0v) is 10.8. The molecule has 3 heteroatoms. The minimum absolute atomic E-state index is 0.447. The largest absolute Gasteiger partial charge is 0.440 e. The van der Waals surface area contributed by atoms with Crippen molar-refractivity contribution in [2.24, 2.45) is 0 Å². The molecule has 1 aromatic carbocycles. The van der Waals surface area contributed by atoms with Gasteiger partial charge in [0.1, 0.15) is 5.52 Å². The minimum atomic E-state index is 0.447. The Hall–Kier alpha value is -0.830. The van der Waals surface area contributed by atoms with Gasteiger partial charge in [0.2, 0.25) is 0 Å².